The van der Waals surface area contributed by atoms with Gasteiger partial charge < -0.3 is 11.5 Å². The third-order valence-corrected chi connectivity index (χ3v) is 3.90. The minimum Gasteiger partial charge on any atom is -0.390 e. The molecule has 0 unspecified atom stereocenters. The maximum atomic E-state index is 11.2. The monoisotopic (exact) mass is 210 g/mol. The average molecular weight is 210 g/mol. The van der Waals surface area contributed by atoms with E-state index in [2.05, 4.69) is 6.92 Å². The molecule has 1 aromatic rings. The Morgan fingerprint density at radius 2 is 2.29 bits per heavy atom. The predicted octanol–water partition coefficient (Wildman–Crippen LogP) is 1.55. The van der Waals surface area contributed by atoms with Crippen LogP contribution in [0.1, 0.15) is 34.1 Å². The molecule has 2 rings (SSSR count). The fourth-order valence-electron chi connectivity index (χ4n) is 2.05. The van der Waals surface area contributed by atoms with Gasteiger partial charge in [-0.1, -0.05) is 6.92 Å². The van der Waals surface area contributed by atoms with Gasteiger partial charge in [-0.15, -0.1) is 11.3 Å². The summed E-state index contributed by atoms with van der Waals surface area (Å²) in [6.45, 7) is 2.20. The second-order valence-corrected chi connectivity index (χ2v) is 5.09. The largest absolute Gasteiger partial charge is 0.390 e. The molecule has 0 spiro atoms. The number of aryl methyl sites for hydroxylation is 1. The van der Waals surface area contributed by atoms with Crippen LogP contribution in [0.2, 0.25) is 0 Å². The van der Waals surface area contributed by atoms with E-state index in [0.717, 1.165) is 18.4 Å². The van der Waals surface area contributed by atoms with Crippen LogP contribution in [0, 0.1) is 5.92 Å². The Morgan fingerprint density at radius 1 is 1.57 bits per heavy atom. The molecule has 76 valence electrons. The van der Waals surface area contributed by atoms with E-state index >= 15 is 0 Å². The van der Waals surface area contributed by atoms with E-state index in [1.807, 2.05) is 0 Å². The lowest BCUT2D eigenvalue weighted by Gasteiger charge is -2.18. The summed E-state index contributed by atoms with van der Waals surface area (Å²) in [5, 5.41) is 0.594. The molecular formula is C10H14N2OS. The number of hydrogen-bond acceptors (Lipinski definition) is 3. The standard InChI is InChI=1S/C10H14N2OS/c1-5-2-3-7-6(4-5)8(9(11)13)10(12)14-7/h5H,2-4,12H2,1H3,(H2,11,13)/t5-/m0/s1. The fraction of sp³-hybridized carbons (Fsp3) is 0.500. The quantitative estimate of drug-likeness (QED) is 0.738. The highest BCUT2D eigenvalue weighted by Crippen LogP contribution is 2.37. The van der Waals surface area contributed by atoms with Gasteiger partial charge in [0.25, 0.3) is 5.91 Å². The Morgan fingerprint density at radius 3 is 2.93 bits per heavy atom. The second kappa shape index (κ2) is 3.28. The van der Waals surface area contributed by atoms with Crippen LogP contribution in [0.5, 0.6) is 0 Å². The van der Waals surface area contributed by atoms with Crippen LogP contribution in [0.3, 0.4) is 0 Å². The fourth-order valence-corrected chi connectivity index (χ4v) is 3.17. The number of primary amides is 1. The number of nitrogen functional groups attached to an aromatic ring is 1. The van der Waals surface area contributed by atoms with Crippen LogP contribution in [-0.2, 0) is 12.8 Å². The number of carbonyl (C=O) groups is 1. The highest BCUT2D eigenvalue weighted by molar-refractivity contribution is 7.16. The van der Waals surface area contributed by atoms with Crippen LogP contribution in [0.15, 0.2) is 0 Å². The average Bonchev–Trinajstić information content (AvgIpc) is 2.40. The van der Waals surface area contributed by atoms with Gasteiger partial charge in [0.1, 0.15) is 0 Å². The summed E-state index contributed by atoms with van der Waals surface area (Å²) in [4.78, 5) is 12.5. The Hall–Kier alpha value is -1.03. The van der Waals surface area contributed by atoms with E-state index in [4.69, 9.17) is 11.5 Å². The molecule has 4 N–H and O–H groups in total. The van der Waals surface area contributed by atoms with Crippen molar-refractivity contribution in [3.8, 4) is 0 Å². The first-order valence-electron chi connectivity index (χ1n) is 4.79. The zero-order valence-electron chi connectivity index (χ0n) is 8.17. The third-order valence-electron chi connectivity index (χ3n) is 2.78. The van der Waals surface area contributed by atoms with Crippen molar-refractivity contribution < 1.29 is 4.79 Å². The van der Waals surface area contributed by atoms with Crippen LogP contribution in [0.25, 0.3) is 0 Å². The Bertz CT molecular complexity index is 384. The van der Waals surface area contributed by atoms with Crippen LogP contribution in [-0.4, -0.2) is 5.91 Å². The van der Waals surface area contributed by atoms with Crippen molar-refractivity contribution in [2.75, 3.05) is 5.73 Å². The predicted molar refractivity (Wildman–Crippen MR) is 58.4 cm³/mol. The van der Waals surface area contributed by atoms with Crippen molar-refractivity contribution >= 4 is 22.2 Å². The van der Waals surface area contributed by atoms with Gasteiger partial charge in [-0.05, 0) is 30.7 Å². The van der Waals surface area contributed by atoms with E-state index in [-0.39, 0.29) is 5.91 Å². The molecule has 1 aliphatic rings. The summed E-state index contributed by atoms with van der Waals surface area (Å²) >= 11 is 1.52. The topological polar surface area (TPSA) is 69.1 Å². The van der Waals surface area contributed by atoms with E-state index in [0.29, 0.717) is 16.5 Å². The lowest BCUT2D eigenvalue weighted by Crippen LogP contribution is -2.17. The Kier molecular flexibility index (Phi) is 2.23. The molecule has 3 nitrogen and oxygen atoms in total. The van der Waals surface area contributed by atoms with Crippen molar-refractivity contribution in [2.24, 2.45) is 11.7 Å². The molecule has 0 radical (unpaired) electrons. The number of anilines is 1. The van der Waals surface area contributed by atoms with Gasteiger partial charge in [0.15, 0.2) is 0 Å². The minimum absolute atomic E-state index is 0.380. The summed E-state index contributed by atoms with van der Waals surface area (Å²) in [7, 11) is 0. The minimum atomic E-state index is -0.380. The highest BCUT2D eigenvalue weighted by atomic mass is 32.1. The molecular weight excluding hydrogens is 196 g/mol. The molecule has 14 heavy (non-hydrogen) atoms. The zero-order chi connectivity index (χ0) is 10.3. The maximum Gasteiger partial charge on any atom is 0.251 e. The molecule has 1 heterocycles. The van der Waals surface area contributed by atoms with Crippen molar-refractivity contribution in [2.45, 2.75) is 26.2 Å². The molecule has 1 aromatic heterocycles. The van der Waals surface area contributed by atoms with E-state index < -0.39 is 0 Å². The first kappa shape index (κ1) is 9.52. The molecule has 0 saturated heterocycles. The molecule has 0 aromatic carbocycles. The summed E-state index contributed by atoms with van der Waals surface area (Å²) in [6, 6.07) is 0. The molecule has 0 bridgehead atoms. The van der Waals surface area contributed by atoms with Gasteiger partial charge in [0, 0.05) is 4.88 Å². The summed E-state index contributed by atoms with van der Waals surface area (Å²) in [5.41, 5.74) is 12.8. The number of carbonyl (C=O) groups excluding carboxylic acids is 1. The molecule has 0 saturated carbocycles. The van der Waals surface area contributed by atoms with Gasteiger partial charge in [0.05, 0.1) is 10.6 Å². The zero-order valence-corrected chi connectivity index (χ0v) is 8.99. The van der Waals surface area contributed by atoms with Crippen LogP contribution >= 0.6 is 11.3 Å². The highest BCUT2D eigenvalue weighted by Gasteiger charge is 2.25. The maximum absolute atomic E-state index is 11.2. The van der Waals surface area contributed by atoms with Crippen LogP contribution in [0.4, 0.5) is 5.00 Å². The van der Waals surface area contributed by atoms with Crippen LogP contribution < -0.4 is 11.5 Å². The molecule has 1 aliphatic carbocycles. The van der Waals surface area contributed by atoms with Gasteiger partial charge in [-0.2, -0.15) is 0 Å². The molecule has 0 aliphatic heterocycles. The lowest BCUT2D eigenvalue weighted by molar-refractivity contribution is 0.100. The Balaban J connectivity index is 2.50. The summed E-state index contributed by atoms with van der Waals surface area (Å²) in [6.07, 6.45) is 3.17. The van der Waals surface area contributed by atoms with Crippen molar-refractivity contribution in [3.05, 3.63) is 16.0 Å². The number of thiophene rings is 1. The van der Waals surface area contributed by atoms with E-state index in [1.54, 1.807) is 0 Å². The number of nitrogens with two attached hydrogens (primary N) is 2. The first-order chi connectivity index (χ1) is 6.59. The third kappa shape index (κ3) is 1.39. The molecule has 1 atom stereocenters. The van der Waals surface area contributed by atoms with Crippen molar-refractivity contribution in [3.63, 3.8) is 0 Å². The SMILES string of the molecule is C[C@H]1CCc2sc(N)c(C(N)=O)c2C1. The van der Waals surface area contributed by atoms with Gasteiger partial charge in [-0.3, -0.25) is 4.79 Å². The van der Waals surface area contributed by atoms with Gasteiger partial charge >= 0.3 is 0 Å². The first-order valence-corrected chi connectivity index (χ1v) is 5.61. The second-order valence-electron chi connectivity index (χ2n) is 3.96. The summed E-state index contributed by atoms with van der Waals surface area (Å²) < 4.78 is 0. The number of amides is 1. The van der Waals surface area contributed by atoms with Gasteiger partial charge in [-0.25, -0.2) is 0 Å². The van der Waals surface area contributed by atoms with Gasteiger partial charge in [0.2, 0.25) is 0 Å². The molecule has 1 amide bonds. The Labute approximate surface area is 87.1 Å². The molecule has 4 heteroatoms. The number of fused-ring (bicyclic) bond motifs is 1. The normalized spacial score (nSPS) is 20.5. The lowest BCUT2D eigenvalue weighted by atomic mass is 9.87. The van der Waals surface area contributed by atoms with E-state index in [9.17, 15) is 4.79 Å². The van der Waals surface area contributed by atoms with Crippen molar-refractivity contribution in [1.29, 1.82) is 0 Å². The molecule has 0 fully saturated rings. The summed E-state index contributed by atoms with van der Waals surface area (Å²) in [5.74, 6) is 0.253. The smallest absolute Gasteiger partial charge is 0.251 e. The number of rotatable bonds is 1. The number of hydrogen-bond donors (Lipinski definition) is 2. The van der Waals surface area contributed by atoms with Crippen molar-refractivity contribution in [1.82, 2.24) is 0 Å². The van der Waals surface area contributed by atoms with E-state index in [1.165, 1.54) is 22.6 Å².